The lowest BCUT2D eigenvalue weighted by atomic mass is 10.1. The number of nitro groups is 1. The van der Waals surface area contributed by atoms with Crippen molar-refractivity contribution in [3.8, 4) is 0 Å². The van der Waals surface area contributed by atoms with E-state index in [1.165, 1.54) is 0 Å². The number of rotatable bonds is 4. The highest BCUT2D eigenvalue weighted by Crippen LogP contribution is 2.00. The van der Waals surface area contributed by atoms with E-state index >= 15 is 0 Å². The topological polar surface area (TPSA) is 83.6 Å². The van der Waals surface area contributed by atoms with E-state index in [-0.39, 0.29) is 6.42 Å². The van der Waals surface area contributed by atoms with Crippen LogP contribution in [-0.4, -0.2) is 33.9 Å². The zero-order valence-electron chi connectivity index (χ0n) is 5.73. The summed E-state index contributed by atoms with van der Waals surface area (Å²) < 4.78 is 0. The molecule has 0 fully saturated rings. The Kier molecular flexibility index (Phi) is 3.90. The van der Waals surface area contributed by atoms with Crippen molar-refractivity contribution < 1.29 is 15.1 Å². The first-order valence-corrected chi connectivity index (χ1v) is 3.05. The molecule has 5 nitrogen and oxygen atoms in total. The van der Waals surface area contributed by atoms with Crippen LogP contribution in [0.3, 0.4) is 0 Å². The summed E-state index contributed by atoms with van der Waals surface area (Å²) in [6, 6.07) is -1.23. The lowest BCUT2D eigenvalue weighted by Crippen LogP contribution is -2.36. The molecule has 0 radical (unpaired) electrons. The molecule has 0 aromatic rings. The summed E-state index contributed by atoms with van der Waals surface area (Å²) in [6.45, 7) is 1.01. The van der Waals surface area contributed by atoms with Gasteiger partial charge in [0.25, 0.3) is 6.04 Å². The van der Waals surface area contributed by atoms with Gasteiger partial charge in [-0.05, 0) is 6.42 Å². The van der Waals surface area contributed by atoms with Gasteiger partial charge in [0.15, 0.2) is 0 Å². The van der Waals surface area contributed by atoms with Crippen molar-refractivity contribution in [2.45, 2.75) is 25.5 Å². The second-order valence-corrected chi connectivity index (χ2v) is 2.01. The van der Waals surface area contributed by atoms with Crippen molar-refractivity contribution in [2.24, 2.45) is 0 Å². The molecule has 0 aromatic heterocycles. The van der Waals surface area contributed by atoms with Crippen LogP contribution in [0.1, 0.15) is 13.3 Å². The van der Waals surface area contributed by atoms with Crippen LogP contribution >= 0.6 is 0 Å². The molecule has 0 spiro atoms. The van der Waals surface area contributed by atoms with Crippen LogP contribution in [0.25, 0.3) is 0 Å². The molecule has 0 unspecified atom stereocenters. The van der Waals surface area contributed by atoms with Crippen LogP contribution in [0.4, 0.5) is 0 Å². The Labute approximate surface area is 58.4 Å². The Morgan fingerprint density at radius 3 is 2.30 bits per heavy atom. The second-order valence-electron chi connectivity index (χ2n) is 2.01. The summed E-state index contributed by atoms with van der Waals surface area (Å²) in [6.07, 6.45) is -0.758. The van der Waals surface area contributed by atoms with Gasteiger partial charge < -0.3 is 10.2 Å². The van der Waals surface area contributed by atoms with E-state index in [0.29, 0.717) is 0 Å². The Hall–Kier alpha value is -0.680. The molecule has 10 heavy (non-hydrogen) atoms. The normalized spacial score (nSPS) is 16.3. The van der Waals surface area contributed by atoms with E-state index in [9.17, 15) is 10.1 Å². The Balaban J connectivity index is 3.92. The van der Waals surface area contributed by atoms with Crippen LogP contribution in [-0.2, 0) is 0 Å². The van der Waals surface area contributed by atoms with Gasteiger partial charge >= 0.3 is 0 Å². The molecule has 0 bridgehead atoms. The van der Waals surface area contributed by atoms with Gasteiger partial charge in [-0.1, -0.05) is 6.92 Å². The third-order valence-corrected chi connectivity index (χ3v) is 1.32. The van der Waals surface area contributed by atoms with E-state index in [0.717, 1.165) is 0 Å². The van der Waals surface area contributed by atoms with E-state index in [2.05, 4.69) is 0 Å². The number of hydrogen-bond donors (Lipinski definition) is 2. The molecule has 2 N–H and O–H groups in total. The highest BCUT2D eigenvalue weighted by molar-refractivity contribution is 4.63. The quantitative estimate of drug-likeness (QED) is 0.412. The Bertz CT molecular complexity index is 116. The maximum Gasteiger partial charge on any atom is 0.261 e. The summed E-state index contributed by atoms with van der Waals surface area (Å²) in [5, 5.41) is 27.3. The smallest absolute Gasteiger partial charge is 0.261 e. The van der Waals surface area contributed by atoms with Gasteiger partial charge in [-0.2, -0.15) is 0 Å². The van der Waals surface area contributed by atoms with Crippen LogP contribution in [0.5, 0.6) is 0 Å². The first-order chi connectivity index (χ1) is 4.63. The molecule has 0 aromatic carbocycles. The first kappa shape index (κ1) is 9.32. The van der Waals surface area contributed by atoms with Gasteiger partial charge in [0.05, 0.1) is 0 Å². The lowest BCUT2D eigenvalue weighted by Gasteiger charge is -2.10. The number of aliphatic hydroxyl groups excluding tert-OH is 2. The van der Waals surface area contributed by atoms with Crippen LogP contribution in [0, 0.1) is 10.1 Å². The molecule has 0 heterocycles. The van der Waals surface area contributed by atoms with E-state index in [4.69, 9.17) is 10.2 Å². The summed E-state index contributed by atoms with van der Waals surface area (Å²) in [7, 11) is 0. The average molecular weight is 149 g/mol. The molecule has 0 aliphatic carbocycles. The van der Waals surface area contributed by atoms with Crippen molar-refractivity contribution in [3.05, 3.63) is 10.1 Å². The van der Waals surface area contributed by atoms with Crippen LogP contribution in [0.15, 0.2) is 0 Å². The first-order valence-electron chi connectivity index (χ1n) is 3.05. The minimum Gasteiger partial charge on any atom is -0.389 e. The largest absolute Gasteiger partial charge is 0.389 e. The Morgan fingerprint density at radius 1 is 1.70 bits per heavy atom. The molecule has 0 aliphatic rings. The fraction of sp³-hybridized carbons (Fsp3) is 1.00. The van der Waals surface area contributed by atoms with Crippen molar-refractivity contribution in [3.63, 3.8) is 0 Å². The SMILES string of the molecule is CC[C@@H](O)[C@H](CO)[N+](=O)[O-]. The number of nitrogens with zero attached hydrogens (tertiary/aromatic N) is 1. The molecule has 5 heteroatoms. The van der Waals surface area contributed by atoms with E-state index < -0.39 is 23.7 Å². The lowest BCUT2D eigenvalue weighted by molar-refractivity contribution is -0.537. The highest BCUT2D eigenvalue weighted by Gasteiger charge is 2.26. The third-order valence-electron chi connectivity index (χ3n) is 1.32. The van der Waals surface area contributed by atoms with Crippen molar-refractivity contribution >= 4 is 0 Å². The fourth-order valence-corrected chi connectivity index (χ4v) is 0.601. The zero-order chi connectivity index (χ0) is 8.15. The second kappa shape index (κ2) is 4.19. The zero-order valence-corrected chi connectivity index (χ0v) is 5.73. The number of aliphatic hydroxyl groups is 2. The van der Waals surface area contributed by atoms with Gasteiger partial charge in [-0.15, -0.1) is 0 Å². The molecule has 0 saturated carbocycles. The molecule has 60 valence electrons. The van der Waals surface area contributed by atoms with Crippen molar-refractivity contribution in [1.82, 2.24) is 0 Å². The summed E-state index contributed by atoms with van der Waals surface area (Å²) in [4.78, 5) is 9.34. The molecular formula is C5H11NO4. The molecule has 2 atom stereocenters. The van der Waals surface area contributed by atoms with E-state index in [1.54, 1.807) is 6.92 Å². The standard InChI is InChI=1S/C5H11NO4/c1-2-5(8)4(3-7)6(9)10/h4-5,7-8H,2-3H2,1H3/t4-,5+/m0/s1. The van der Waals surface area contributed by atoms with Crippen molar-refractivity contribution in [1.29, 1.82) is 0 Å². The van der Waals surface area contributed by atoms with Gasteiger partial charge in [-0.25, -0.2) is 0 Å². The van der Waals surface area contributed by atoms with Gasteiger partial charge in [0.2, 0.25) is 0 Å². The van der Waals surface area contributed by atoms with Gasteiger partial charge in [-0.3, -0.25) is 10.1 Å². The van der Waals surface area contributed by atoms with Crippen molar-refractivity contribution in [2.75, 3.05) is 6.61 Å². The molecule has 0 rings (SSSR count). The summed E-state index contributed by atoms with van der Waals surface area (Å²) >= 11 is 0. The minimum absolute atomic E-state index is 0.284. The Morgan fingerprint density at radius 2 is 2.20 bits per heavy atom. The molecule has 0 aliphatic heterocycles. The molecular weight excluding hydrogens is 138 g/mol. The fourth-order valence-electron chi connectivity index (χ4n) is 0.601. The monoisotopic (exact) mass is 149 g/mol. The maximum absolute atomic E-state index is 10.0. The molecule has 0 saturated heterocycles. The third kappa shape index (κ3) is 2.28. The van der Waals surface area contributed by atoms with E-state index in [1.807, 2.05) is 0 Å². The highest BCUT2D eigenvalue weighted by atomic mass is 16.6. The summed E-state index contributed by atoms with van der Waals surface area (Å²) in [5.41, 5.74) is 0. The van der Waals surface area contributed by atoms with Crippen LogP contribution < -0.4 is 0 Å². The predicted octanol–water partition coefficient (Wildman–Crippen LogP) is -0.605. The van der Waals surface area contributed by atoms with Gasteiger partial charge in [0.1, 0.15) is 12.7 Å². The predicted molar refractivity (Wildman–Crippen MR) is 34.2 cm³/mol. The van der Waals surface area contributed by atoms with Crippen LogP contribution in [0.2, 0.25) is 0 Å². The summed E-state index contributed by atoms with van der Waals surface area (Å²) in [5.74, 6) is 0. The van der Waals surface area contributed by atoms with Gasteiger partial charge in [0, 0.05) is 4.92 Å². The number of hydrogen-bond acceptors (Lipinski definition) is 4. The average Bonchev–Trinajstić information content (AvgIpc) is 1.88. The maximum atomic E-state index is 10.0. The molecule has 0 amide bonds. The minimum atomic E-state index is -1.23.